The molecule has 0 amide bonds. The second-order valence-corrected chi connectivity index (χ2v) is 7.82. The van der Waals surface area contributed by atoms with E-state index < -0.39 is 11.9 Å². The van der Waals surface area contributed by atoms with Crippen LogP contribution in [0.1, 0.15) is 17.1 Å². The first kappa shape index (κ1) is 21.5. The van der Waals surface area contributed by atoms with Gasteiger partial charge in [0.25, 0.3) is 0 Å². The lowest BCUT2D eigenvalue weighted by molar-refractivity contribution is -0.140. The molecule has 29 heavy (non-hydrogen) atoms. The largest absolute Gasteiger partial charge is 0.495 e. The fraction of sp³-hybridized carbons (Fsp3) is 0.444. The van der Waals surface area contributed by atoms with Gasteiger partial charge in [0.15, 0.2) is 11.7 Å². The van der Waals surface area contributed by atoms with Gasteiger partial charge >= 0.3 is 6.18 Å². The Morgan fingerprint density at radius 1 is 1.45 bits per heavy atom. The molecule has 0 aliphatic carbocycles. The Hall–Kier alpha value is -2.20. The Kier molecular flexibility index (Phi) is 6.74. The average molecular weight is 448 g/mol. The van der Waals surface area contributed by atoms with Crippen molar-refractivity contribution in [3.05, 3.63) is 39.3 Å². The van der Waals surface area contributed by atoms with Gasteiger partial charge in [0.1, 0.15) is 10.8 Å². The number of aliphatic imine (C=N–C) groups is 1. The van der Waals surface area contributed by atoms with Crippen molar-refractivity contribution in [3.63, 3.8) is 0 Å². The van der Waals surface area contributed by atoms with E-state index in [1.165, 1.54) is 0 Å². The topological polar surface area (TPSA) is 61.8 Å². The van der Waals surface area contributed by atoms with E-state index in [-0.39, 0.29) is 12.6 Å². The van der Waals surface area contributed by atoms with Crippen molar-refractivity contribution in [2.45, 2.75) is 25.2 Å². The third-order valence-corrected chi connectivity index (χ3v) is 5.57. The van der Waals surface area contributed by atoms with Crippen LogP contribution in [0.4, 0.5) is 18.9 Å². The fourth-order valence-corrected chi connectivity index (χ4v) is 3.98. The number of halogens is 4. The maximum absolute atomic E-state index is 12.7. The summed E-state index contributed by atoms with van der Waals surface area (Å²) in [5.41, 5.74) is 0.0545. The Balaban J connectivity index is 1.56. The van der Waals surface area contributed by atoms with Crippen LogP contribution < -0.4 is 20.3 Å². The molecule has 11 heteroatoms. The zero-order valence-electron chi connectivity index (χ0n) is 15.9. The molecule has 0 saturated carbocycles. The second-order valence-electron chi connectivity index (χ2n) is 6.44. The number of ether oxygens (including phenoxy) is 1. The fourth-order valence-electron chi connectivity index (χ4n) is 3.08. The standard InChI is InChI=1S/C18H21ClF3N5OS/c1-23-17(24-8-16-26-15(10-29-16)18(20,21)22)25-12-5-6-27(9-12)13-7-11(19)3-4-14(13)28-2/h3-4,7,10,12H,5-6,8-9H2,1-2H3,(H2,23,24,25). The predicted molar refractivity (Wildman–Crippen MR) is 109 cm³/mol. The number of hydrogen-bond acceptors (Lipinski definition) is 5. The molecule has 3 rings (SSSR count). The van der Waals surface area contributed by atoms with E-state index in [1.54, 1.807) is 20.2 Å². The number of aromatic nitrogens is 1. The van der Waals surface area contributed by atoms with Crippen molar-refractivity contribution < 1.29 is 17.9 Å². The highest BCUT2D eigenvalue weighted by atomic mass is 35.5. The minimum Gasteiger partial charge on any atom is -0.495 e. The van der Waals surface area contributed by atoms with Gasteiger partial charge in [-0.2, -0.15) is 13.2 Å². The zero-order chi connectivity index (χ0) is 21.0. The van der Waals surface area contributed by atoms with E-state index in [0.717, 1.165) is 41.1 Å². The molecule has 2 heterocycles. The minimum atomic E-state index is -4.43. The van der Waals surface area contributed by atoms with Crippen LogP contribution in [0.3, 0.4) is 0 Å². The second kappa shape index (κ2) is 9.08. The van der Waals surface area contributed by atoms with Crippen LogP contribution in [-0.2, 0) is 12.7 Å². The van der Waals surface area contributed by atoms with Crippen molar-refractivity contribution in [3.8, 4) is 5.75 Å². The van der Waals surface area contributed by atoms with Crippen molar-refractivity contribution in [2.75, 3.05) is 32.1 Å². The zero-order valence-corrected chi connectivity index (χ0v) is 17.5. The van der Waals surface area contributed by atoms with Gasteiger partial charge in [-0.05, 0) is 24.6 Å². The van der Waals surface area contributed by atoms with Gasteiger partial charge in [-0.3, -0.25) is 4.99 Å². The average Bonchev–Trinajstić information content (AvgIpc) is 3.34. The molecule has 1 fully saturated rings. The number of rotatable bonds is 5. The van der Waals surface area contributed by atoms with E-state index in [0.29, 0.717) is 22.5 Å². The first-order chi connectivity index (χ1) is 13.8. The molecular formula is C18H21ClF3N5OS. The Labute approximate surface area is 175 Å². The summed E-state index contributed by atoms with van der Waals surface area (Å²) in [6.07, 6.45) is -3.56. The van der Waals surface area contributed by atoms with E-state index in [1.807, 2.05) is 12.1 Å². The monoisotopic (exact) mass is 447 g/mol. The molecule has 0 radical (unpaired) electrons. The van der Waals surface area contributed by atoms with Crippen molar-refractivity contribution >= 4 is 34.6 Å². The number of nitrogens with zero attached hydrogens (tertiary/aromatic N) is 3. The quantitative estimate of drug-likeness (QED) is 0.539. The molecular weight excluding hydrogens is 427 g/mol. The highest BCUT2D eigenvalue weighted by molar-refractivity contribution is 7.09. The number of thiazole rings is 1. The minimum absolute atomic E-state index is 0.118. The first-order valence-electron chi connectivity index (χ1n) is 8.87. The summed E-state index contributed by atoms with van der Waals surface area (Å²) in [5, 5.41) is 8.32. The molecule has 2 aromatic rings. The highest BCUT2D eigenvalue weighted by Gasteiger charge is 2.33. The van der Waals surface area contributed by atoms with Gasteiger partial charge in [0, 0.05) is 36.6 Å². The SMILES string of the molecule is CN=C(NCc1nc(C(F)(F)F)cs1)NC1CCN(c2cc(Cl)ccc2OC)C1. The highest BCUT2D eigenvalue weighted by Crippen LogP contribution is 2.33. The summed E-state index contributed by atoms with van der Waals surface area (Å²) in [5.74, 6) is 1.26. The summed E-state index contributed by atoms with van der Waals surface area (Å²) in [6, 6.07) is 5.61. The number of anilines is 1. The molecule has 1 aromatic carbocycles. The maximum Gasteiger partial charge on any atom is 0.434 e. The maximum atomic E-state index is 12.7. The summed E-state index contributed by atoms with van der Waals surface area (Å²) < 4.78 is 43.4. The molecule has 0 spiro atoms. The van der Waals surface area contributed by atoms with Crippen LogP contribution in [0.2, 0.25) is 5.02 Å². The Morgan fingerprint density at radius 3 is 2.90 bits per heavy atom. The molecule has 0 bridgehead atoms. The molecule has 1 aliphatic heterocycles. The molecule has 2 N–H and O–H groups in total. The molecule has 1 aliphatic rings. The lowest BCUT2D eigenvalue weighted by atomic mass is 10.2. The van der Waals surface area contributed by atoms with Crippen molar-refractivity contribution in [1.82, 2.24) is 15.6 Å². The third-order valence-electron chi connectivity index (χ3n) is 4.48. The van der Waals surface area contributed by atoms with Crippen molar-refractivity contribution in [1.29, 1.82) is 0 Å². The van der Waals surface area contributed by atoms with E-state index in [9.17, 15) is 13.2 Å². The number of alkyl halides is 3. The summed E-state index contributed by atoms with van der Waals surface area (Å²) in [7, 11) is 3.23. The van der Waals surface area contributed by atoms with E-state index in [2.05, 4.69) is 25.5 Å². The van der Waals surface area contributed by atoms with Crippen LogP contribution >= 0.6 is 22.9 Å². The van der Waals surface area contributed by atoms with Gasteiger partial charge in [-0.15, -0.1) is 11.3 Å². The normalized spacial score (nSPS) is 17.5. The lowest BCUT2D eigenvalue weighted by Gasteiger charge is -2.22. The number of nitrogens with one attached hydrogen (secondary N) is 2. The molecule has 158 valence electrons. The number of hydrogen-bond donors (Lipinski definition) is 2. The smallest absolute Gasteiger partial charge is 0.434 e. The first-order valence-corrected chi connectivity index (χ1v) is 10.1. The van der Waals surface area contributed by atoms with E-state index >= 15 is 0 Å². The summed E-state index contributed by atoms with van der Waals surface area (Å²) >= 11 is 7.09. The molecule has 1 atom stereocenters. The van der Waals surface area contributed by atoms with Gasteiger partial charge in [0.2, 0.25) is 0 Å². The Morgan fingerprint density at radius 2 is 2.24 bits per heavy atom. The van der Waals surface area contributed by atoms with Crippen LogP contribution in [-0.4, -0.2) is 44.2 Å². The van der Waals surface area contributed by atoms with Gasteiger partial charge < -0.3 is 20.3 Å². The van der Waals surface area contributed by atoms with Crippen LogP contribution in [0, 0.1) is 0 Å². The number of methoxy groups -OCH3 is 1. The molecule has 1 saturated heterocycles. The summed E-state index contributed by atoms with van der Waals surface area (Å²) in [6.45, 7) is 1.69. The molecule has 1 unspecified atom stereocenters. The van der Waals surface area contributed by atoms with Gasteiger partial charge in [-0.1, -0.05) is 11.6 Å². The van der Waals surface area contributed by atoms with E-state index in [4.69, 9.17) is 16.3 Å². The third kappa shape index (κ3) is 5.45. The molecule has 6 nitrogen and oxygen atoms in total. The number of guanidine groups is 1. The van der Waals surface area contributed by atoms with Crippen LogP contribution in [0.5, 0.6) is 5.75 Å². The molecule has 1 aromatic heterocycles. The van der Waals surface area contributed by atoms with Crippen LogP contribution in [0.25, 0.3) is 0 Å². The number of benzene rings is 1. The lowest BCUT2D eigenvalue weighted by Crippen LogP contribution is -2.44. The van der Waals surface area contributed by atoms with Gasteiger partial charge in [-0.25, -0.2) is 4.98 Å². The predicted octanol–water partition coefficient (Wildman–Crippen LogP) is 3.77. The Bertz CT molecular complexity index is 873. The van der Waals surface area contributed by atoms with Crippen molar-refractivity contribution in [2.24, 2.45) is 4.99 Å². The summed E-state index contributed by atoms with van der Waals surface area (Å²) in [4.78, 5) is 9.94. The van der Waals surface area contributed by atoms with Crippen LogP contribution in [0.15, 0.2) is 28.6 Å². The van der Waals surface area contributed by atoms with Gasteiger partial charge in [0.05, 0.1) is 19.3 Å².